The molecule has 92 valence electrons. The van der Waals surface area contributed by atoms with Gasteiger partial charge in [0.1, 0.15) is 17.3 Å². The lowest BCUT2D eigenvalue weighted by Crippen LogP contribution is -2.05. The van der Waals surface area contributed by atoms with Crippen LogP contribution < -0.4 is 5.32 Å². The quantitative estimate of drug-likeness (QED) is 0.778. The summed E-state index contributed by atoms with van der Waals surface area (Å²) in [6, 6.07) is 2.09. The molecule has 0 aliphatic carbocycles. The van der Waals surface area contributed by atoms with E-state index in [1.807, 2.05) is 13.8 Å². The van der Waals surface area contributed by atoms with Crippen molar-refractivity contribution in [1.82, 2.24) is 15.0 Å². The van der Waals surface area contributed by atoms with Gasteiger partial charge in [-0.2, -0.15) is 0 Å². The normalized spacial score (nSPS) is 11.0. The van der Waals surface area contributed by atoms with Crippen LogP contribution in [0.3, 0.4) is 0 Å². The molecule has 0 aromatic carbocycles. The summed E-state index contributed by atoms with van der Waals surface area (Å²) in [5.74, 6) is 1.75. The molecule has 2 N–H and O–H groups in total. The number of hydrogen-bond acceptors (Lipinski definition) is 3. The number of nitrogens with one attached hydrogen (secondary N) is 2. The summed E-state index contributed by atoms with van der Waals surface area (Å²) in [5, 5.41) is 4.49. The second-order valence-electron chi connectivity index (χ2n) is 4.47. The molecule has 0 spiro atoms. The number of rotatable bonds is 5. The molecule has 0 amide bonds. The molecule has 0 unspecified atom stereocenters. The van der Waals surface area contributed by atoms with Gasteiger partial charge in [0.25, 0.3) is 0 Å². The van der Waals surface area contributed by atoms with Crippen molar-refractivity contribution >= 4 is 16.9 Å². The average molecular weight is 232 g/mol. The SMILES string of the molecule is CCCCCNc1nc(C)nc2[nH]c(C)cc12. The van der Waals surface area contributed by atoms with Gasteiger partial charge in [0.2, 0.25) is 0 Å². The lowest BCUT2D eigenvalue weighted by molar-refractivity contribution is 0.742. The van der Waals surface area contributed by atoms with Gasteiger partial charge in [-0.25, -0.2) is 9.97 Å². The second kappa shape index (κ2) is 5.17. The molecule has 0 aliphatic heterocycles. The van der Waals surface area contributed by atoms with Crippen molar-refractivity contribution in [2.75, 3.05) is 11.9 Å². The molecular weight excluding hydrogens is 212 g/mol. The minimum atomic E-state index is 0.803. The van der Waals surface area contributed by atoms with Crippen molar-refractivity contribution in [2.45, 2.75) is 40.0 Å². The zero-order valence-electron chi connectivity index (χ0n) is 10.8. The number of hydrogen-bond donors (Lipinski definition) is 2. The Balaban J connectivity index is 2.19. The third-order valence-corrected chi connectivity index (χ3v) is 2.81. The number of aromatic amines is 1. The Labute approximate surface area is 102 Å². The molecule has 0 saturated heterocycles. The van der Waals surface area contributed by atoms with Gasteiger partial charge < -0.3 is 10.3 Å². The molecule has 0 fully saturated rings. The van der Waals surface area contributed by atoms with Crippen molar-refractivity contribution in [2.24, 2.45) is 0 Å². The molecule has 2 aromatic rings. The molecule has 2 heterocycles. The predicted octanol–water partition coefficient (Wildman–Crippen LogP) is 3.18. The van der Waals surface area contributed by atoms with E-state index in [-0.39, 0.29) is 0 Å². The summed E-state index contributed by atoms with van der Waals surface area (Å²) in [6.45, 7) is 7.15. The standard InChI is InChI=1S/C13H20N4/c1-4-5-6-7-14-12-11-8-9(2)15-13(11)17-10(3)16-12/h8H,4-7H2,1-3H3,(H2,14,15,16,17). The predicted molar refractivity (Wildman–Crippen MR) is 71.4 cm³/mol. The van der Waals surface area contributed by atoms with Crippen LogP contribution in [-0.4, -0.2) is 21.5 Å². The Bertz CT molecular complexity index is 501. The average Bonchev–Trinajstić information content (AvgIpc) is 2.64. The third-order valence-electron chi connectivity index (χ3n) is 2.81. The molecule has 4 heteroatoms. The van der Waals surface area contributed by atoms with Crippen LogP contribution in [0.2, 0.25) is 0 Å². The fourth-order valence-electron chi connectivity index (χ4n) is 1.97. The zero-order chi connectivity index (χ0) is 12.3. The van der Waals surface area contributed by atoms with Crippen LogP contribution in [0.15, 0.2) is 6.07 Å². The maximum absolute atomic E-state index is 4.47. The number of unbranched alkanes of at least 4 members (excludes halogenated alkanes) is 2. The molecule has 2 rings (SSSR count). The van der Waals surface area contributed by atoms with Gasteiger partial charge in [-0.15, -0.1) is 0 Å². The number of H-pyrrole nitrogens is 1. The number of fused-ring (bicyclic) bond motifs is 1. The molecule has 0 radical (unpaired) electrons. The van der Waals surface area contributed by atoms with Gasteiger partial charge in [-0.1, -0.05) is 19.8 Å². The number of anilines is 1. The van der Waals surface area contributed by atoms with Gasteiger partial charge in [-0.3, -0.25) is 0 Å². The van der Waals surface area contributed by atoms with E-state index in [1.165, 1.54) is 19.3 Å². The minimum absolute atomic E-state index is 0.803. The van der Waals surface area contributed by atoms with E-state index in [0.29, 0.717) is 0 Å². The first kappa shape index (κ1) is 11.9. The zero-order valence-corrected chi connectivity index (χ0v) is 10.8. The fraction of sp³-hybridized carbons (Fsp3) is 0.538. The maximum Gasteiger partial charge on any atom is 0.143 e. The van der Waals surface area contributed by atoms with Crippen LogP contribution in [0.25, 0.3) is 11.0 Å². The van der Waals surface area contributed by atoms with Gasteiger partial charge >= 0.3 is 0 Å². The Kier molecular flexibility index (Phi) is 3.61. The largest absolute Gasteiger partial charge is 0.369 e. The first-order valence-electron chi connectivity index (χ1n) is 6.28. The molecule has 17 heavy (non-hydrogen) atoms. The number of aryl methyl sites for hydroxylation is 2. The highest BCUT2D eigenvalue weighted by molar-refractivity contribution is 5.87. The number of nitrogens with zero attached hydrogens (tertiary/aromatic N) is 2. The first-order chi connectivity index (χ1) is 8.20. The number of aromatic nitrogens is 3. The molecule has 0 saturated carbocycles. The molecule has 0 bridgehead atoms. The summed E-state index contributed by atoms with van der Waals surface area (Å²) in [4.78, 5) is 12.1. The second-order valence-corrected chi connectivity index (χ2v) is 4.47. The maximum atomic E-state index is 4.47. The molecule has 0 atom stereocenters. The van der Waals surface area contributed by atoms with Gasteiger partial charge in [0.05, 0.1) is 5.39 Å². The molecule has 2 aromatic heterocycles. The van der Waals surface area contributed by atoms with Crippen LogP contribution in [0, 0.1) is 13.8 Å². The summed E-state index contributed by atoms with van der Waals surface area (Å²) >= 11 is 0. The highest BCUT2D eigenvalue weighted by Gasteiger charge is 2.07. The van der Waals surface area contributed by atoms with E-state index >= 15 is 0 Å². The third kappa shape index (κ3) is 2.75. The van der Waals surface area contributed by atoms with E-state index in [9.17, 15) is 0 Å². The Morgan fingerprint density at radius 3 is 2.82 bits per heavy atom. The van der Waals surface area contributed by atoms with Gasteiger partial charge in [0, 0.05) is 12.2 Å². The van der Waals surface area contributed by atoms with E-state index in [2.05, 4.69) is 33.3 Å². The van der Waals surface area contributed by atoms with Crippen LogP contribution in [0.4, 0.5) is 5.82 Å². The summed E-state index contributed by atoms with van der Waals surface area (Å²) in [5.41, 5.74) is 2.05. The monoisotopic (exact) mass is 232 g/mol. The smallest absolute Gasteiger partial charge is 0.143 e. The lowest BCUT2D eigenvalue weighted by atomic mass is 10.2. The Hall–Kier alpha value is -1.58. The van der Waals surface area contributed by atoms with Crippen LogP contribution in [0.5, 0.6) is 0 Å². The highest BCUT2D eigenvalue weighted by Crippen LogP contribution is 2.21. The van der Waals surface area contributed by atoms with E-state index in [4.69, 9.17) is 0 Å². The molecule has 0 aliphatic rings. The molecule has 4 nitrogen and oxygen atoms in total. The first-order valence-corrected chi connectivity index (χ1v) is 6.28. The van der Waals surface area contributed by atoms with Crippen LogP contribution in [-0.2, 0) is 0 Å². The van der Waals surface area contributed by atoms with Crippen LogP contribution >= 0.6 is 0 Å². The van der Waals surface area contributed by atoms with Crippen molar-refractivity contribution in [3.8, 4) is 0 Å². The summed E-state index contributed by atoms with van der Waals surface area (Å²) in [6.07, 6.45) is 3.68. The van der Waals surface area contributed by atoms with Crippen molar-refractivity contribution in [3.63, 3.8) is 0 Å². The van der Waals surface area contributed by atoms with E-state index in [0.717, 1.165) is 34.9 Å². The Morgan fingerprint density at radius 1 is 1.24 bits per heavy atom. The fourth-order valence-corrected chi connectivity index (χ4v) is 1.97. The van der Waals surface area contributed by atoms with E-state index in [1.54, 1.807) is 0 Å². The lowest BCUT2D eigenvalue weighted by Gasteiger charge is -2.06. The van der Waals surface area contributed by atoms with E-state index < -0.39 is 0 Å². The summed E-state index contributed by atoms with van der Waals surface area (Å²) < 4.78 is 0. The molecular formula is C13H20N4. The topological polar surface area (TPSA) is 53.6 Å². The van der Waals surface area contributed by atoms with Crippen molar-refractivity contribution < 1.29 is 0 Å². The van der Waals surface area contributed by atoms with Crippen molar-refractivity contribution in [1.29, 1.82) is 0 Å². The van der Waals surface area contributed by atoms with Gasteiger partial charge in [-0.05, 0) is 26.3 Å². The van der Waals surface area contributed by atoms with Crippen molar-refractivity contribution in [3.05, 3.63) is 17.6 Å². The summed E-state index contributed by atoms with van der Waals surface area (Å²) in [7, 11) is 0. The Morgan fingerprint density at radius 2 is 2.06 bits per heavy atom. The minimum Gasteiger partial charge on any atom is -0.369 e. The van der Waals surface area contributed by atoms with Crippen LogP contribution in [0.1, 0.15) is 37.7 Å². The highest BCUT2D eigenvalue weighted by atomic mass is 15.0. The van der Waals surface area contributed by atoms with Gasteiger partial charge in [0.15, 0.2) is 0 Å².